The van der Waals surface area contributed by atoms with Crippen molar-refractivity contribution in [3.05, 3.63) is 42.1 Å². The quantitative estimate of drug-likeness (QED) is 0.778. The average Bonchev–Trinajstić information content (AvgIpc) is 2.41. The molecule has 1 heterocycles. The van der Waals surface area contributed by atoms with E-state index >= 15 is 0 Å². The molecule has 1 aromatic carbocycles. The number of hydrogen-bond acceptors (Lipinski definition) is 5. The molecule has 0 aliphatic carbocycles. The number of carboxylic acids is 1. The summed E-state index contributed by atoms with van der Waals surface area (Å²) in [4.78, 5) is 14.8. The summed E-state index contributed by atoms with van der Waals surface area (Å²) in [6.45, 7) is 0. The van der Waals surface area contributed by atoms with E-state index in [2.05, 4.69) is 10.3 Å². The van der Waals surface area contributed by atoms with Crippen molar-refractivity contribution in [2.24, 2.45) is 0 Å². The number of aromatic nitrogens is 1. The minimum Gasteiger partial charge on any atom is -0.495 e. The maximum absolute atomic E-state index is 10.8. The van der Waals surface area contributed by atoms with Crippen molar-refractivity contribution in [2.45, 2.75) is 0 Å². The molecular formula is C13H13N3O3. The van der Waals surface area contributed by atoms with Crippen LogP contribution in [0.15, 0.2) is 36.5 Å². The van der Waals surface area contributed by atoms with Gasteiger partial charge in [-0.2, -0.15) is 0 Å². The van der Waals surface area contributed by atoms with E-state index in [-0.39, 0.29) is 11.3 Å². The molecule has 2 aromatic rings. The van der Waals surface area contributed by atoms with Crippen molar-refractivity contribution >= 4 is 23.2 Å². The highest BCUT2D eigenvalue weighted by Crippen LogP contribution is 2.28. The smallest absolute Gasteiger partial charge is 0.337 e. The molecule has 0 atom stereocenters. The van der Waals surface area contributed by atoms with Crippen molar-refractivity contribution in [3.63, 3.8) is 0 Å². The van der Waals surface area contributed by atoms with Crippen LogP contribution in [0.3, 0.4) is 0 Å². The maximum atomic E-state index is 10.8. The van der Waals surface area contributed by atoms with Gasteiger partial charge in [0.2, 0.25) is 0 Å². The number of methoxy groups -OCH3 is 1. The molecule has 4 N–H and O–H groups in total. The lowest BCUT2D eigenvalue weighted by atomic mass is 10.2. The van der Waals surface area contributed by atoms with E-state index in [0.717, 1.165) is 0 Å². The molecule has 6 heteroatoms. The number of benzene rings is 1. The number of aromatic carboxylic acids is 1. The highest BCUT2D eigenvalue weighted by Gasteiger charge is 2.09. The second-order valence-corrected chi connectivity index (χ2v) is 3.79. The predicted octanol–water partition coefficient (Wildman–Crippen LogP) is 2.11. The van der Waals surface area contributed by atoms with Gasteiger partial charge in [-0.05, 0) is 18.2 Å². The van der Waals surface area contributed by atoms with Gasteiger partial charge in [-0.25, -0.2) is 9.78 Å². The molecule has 0 saturated heterocycles. The molecule has 0 aliphatic rings. The molecule has 0 spiro atoms. The van der Waals surface area contributed by atoms with Gasteiger partial charge >= 0.3 is 5.97 Å². The summed E-state index contributed by atoms with van der Waals surface area (Å²) in [7, 11) is 1.56. The Bertz CT molecular complexity index is 614. The Labute approximate surface area is 109 Å². The van der Waals surface area contributed by atoms with Gasteiger partial charge in [-0.1, -0.05) is 12.1 Å². The Morgan fingerprint density at radius 3 is 2.79 bits per heavy atom. The van der Waals surface area contributed by atoms with Crippen LogP contribution in [0.1, 0.15) is 10.4 Å². The van der Waals surface area contributed by atoms with Crippen LogP contribution in [-0.4, -0.2) is 23.2 Å². The van der Waals surface area contributed by atoms with Crippen LogP contribution in [-0.2, 0) is 0 Å². The summed E-state index contributed by atoms with van der Waals surface area (Å²) in [5, 5.41) is 11.8. The zero-order valence-electron chi connectivity index (χ0n) is 10.3. The van der Waals surface area contributed by atoms with Crippen LogP contribution in [0.5, 0.6) is 5.75 Å². The lowest BCUT2D eigenvalue weighted by molar-refractivity contribution is 0.0696. The number of carboxylic acid groups (broad SMARTS) is 1. The zero-order valence-corrected chi connectivity index (χ0v) is 10.3. The Balaban J connectivity index is 2.31. The van der Waals surface area contributed by atoms with Gasteiger partial charge in [0.05, 0.1) is 24.0 Å². The molecule has 1 aromatic heterocycles. The number of nitrogens with two attached hydrogens (primary N) is 1. The van der Waals surface area contributed by atoms with Crippen molar-refractivity contribution in [3.8, 4) is 5.75 Å². The predicted molar refractivity (Wildman–Crippen MR) is 71.9 cm³/mol. The van der Waals surface area contributed by atoms with E-state index < -0.39 is 5.97 Å². The van der Waals surface area contributed by atoms with Gasteiger partial charge in [-0.3, -0.25) is 0 Å². The first-order valence-electron chi connectivity index (χ1n) is 5.50. The van der Waals surface area contributed by atoms with Crippen LogP contribution in [0.2, 0.25) is 0 Å². The summed E-state index contributed by atoms with van der Waals surface area (Å²) in [6.07, 6.45) is 1.25. The highest BCUT2D eigenvalue weighted by atomic mass is 16.5. The fraction of sp³-hybridized carbons (Fsp3) is 0.0769. The molecular weight excluding hydrogens is 246 g/mol. The molecule has 0 unspecified atom stereocenters. The molecule has 0 fully saturated rings. The second-order valence-electron chi connectivity index (χ2n) is 3.79. The number of anilines is 3. The van der Waals surface area contributed by atoms with Crippen molar-refractivity contribution in [1.29, 1.82) is 0 Å². The fourth-order valence-electron chi connectivity index (χ4n) is 1.58. The Morgan fingerprint density at radius 2 is 2.16 bits per heavy atom. The largest absolute Gasteiger partial charge is 0.495 e. The second kappa shape index (κ2) is 5.26. The SMILES string of the molecule is COc1ccccc1Nc1ncc(C(=O)O)cc1N. The summed E-state index contributed by atoms with van der Waals surface area (Å²) >= 11 is 0. The monoisotopic (exact) mass is 259 g/mol. The number of rotatable bonds is 4. The minimum absolute atomic E-state index is 0.0445. The van der Waals surface area contributed by atoms with Gasteiger partial charge in [0.25, 0.3) is 0 Å². The summed E-state index contributed by atoms with van der Waals surface area (Å²) in [5.41, 5.74) is 6.77. The van der Waals surface area contributed by atoms with Gasteiger partial charge in [0.15, 0.2) is 5.82 Å². The van der Waals surface area contributed by atoms with Crippen molar-refractivity contribution < 1.29 is 14.6 Å². The van der Waals surface area contributed by atoms with E-state index in [1.54, 1.807) is 13.2 Å². The van der Waals surface area contributed by atoms with Crippen LogP contribution in [0.25, 0.3) is 0 Å². The summed E-state index contributed by atoms with van der Waals surface area (Å²) in [5.74, 6) is -0.0384. The van der Waals surface area contributed by atoms with Crippen LogP contribution in [0.4, 0.5) is 17.2 Å². The number of nitrogens with one attached hydrogen (secondary N) is 1. The Kier molecular flexibility index (Phi) is 3.51. The molecule has 0 saturated carbocycles. The van der Waals surface area contributed by atoms with Gasteiger partial charge < -0.3 is 20.9 Å². The molecule has 98 valence electrons. The first-order valence-corrected chi connectivity index (χ1v) is 5.50. The molecule has 2 rings (SSSR count). The van der Waals surface area contributed by atoms with Crippen molar-refractivity contribution in [2.75, 3.05) is 18.2 Å². The highest BCUT2D eigenvalue weighted by molar-refractivity contribution is 5.89. The number of para-hydroxylation sites is 2. The van der Waals surface area contributed by atoms with Crippen LogP contribution < -0.4 is 15.8 Å². The van der Waals surface area contributed by atoms with E-state index in [1.807, 2.05) is 18.2 Å². The third kappa shape index (κ3) is 2.74. The molecule has 6 nitrogen and oxygen atoms in total. The van der Waals surface area contributed by atoms with E-state index in [9.17, 15) is 4.79 Å². The molecule has 0 radical (unpaired) electrons. The third-order valence-electron chi connectivity index (χ3n) is 2.52. The number of ether oxygens (including phenoxy) is 1. The van der Waals surface area contributed by atoms with Crippen LogP contribution >= 0.6 is 0 Å². The third-order valence-corrected chi connectivity index (χ3v) is 2.52. The topological polar surface area (TPSA) is 97.5 Å². The Morgan fingerprint density at radius 1 is 1.42 bits per heavy atom. The van der Waals surface area contributed by atoms with Gasteiger partial charge in [0, 0.05) is 6.20 Å². The number of hydrogen-bond donors (Lipinski definition) is 3. The number of carbonyl (C=O) groups is 1. The number of nitrogens with zero attached hydrogens (tertiary/aromatic N) is 1. The standard InChI is InChI=1S/C13H13N3O3/c1-19-11-5-3-2-4-10(11)16-12-9(14)6-8(7-15-12)13(17)18/h2-7H,14H2,1H3,(H,15,16)(H,17,18). The van der Waals surface area contributed by atoms with Crippen LogP contribution in [0, 0.1) is 0 Å². The minimum atomic E-state index is -1.07. The van der Waals surface area contributed by atoms with E-state index in [0.29, 0.717) is 17.3 Å². The average molecular weight is 259 g/mol. The molecule has 0 aliphatic heterocycles. The first kappa shape index (κ1) is 12.7. The number of nitrogen functional groups attached to an aromatic ring is 1. The van der Waals surface area contributed by atoms with E-state index in [4.69, 9.17) is 15.6 Å². The fourth-order valence-corrected chi connectivity index (χ4v) is 1.58. The summed E-state index contributed by atoms with van der Waals surface area (Å²) in [6, 6.07) is 8.64. The maximum Gasteiger partial charge on any atom is 0.337 e. The normalized spacial score (nSPS) is 9.95. The molecule has 19 heavy (non-hydrogen) atoms. The van der Waals surface area contributed by atoms with Gasteiger partial charge in [-0.15, -0.1) is 0 Å². The van der Waals surface area contributed by atoms with Gasteiger partial charge in [0.1, 0.15) is 5.75 Å². The van der Waals surface area contributed by atoms with E-state index in [1.165, 1.54) is 12.3 Å². The Hall–Kier alpha value is -2.76. The molecule has 0 amide bonds. The van der Waals surface area contributed by atoms with Crippen molar-refractivity contribution in [1.82, 2.24) is 4.98 Å². The summed E-state index contributed by atoms with van der Waals surface area (Å²) < 4.78 is 5.19. The zero-order chi connectivity index (χ0) is 13.8. The lowest BCUT2D eigenvalue weighted by Crippen LogP contribution is -2.04. The lowest BCUT2D eigenvalue weighted by Gasteiger charge is -2.12. The first-order chi connectivity index (χ1) is 9.11. The molecule has 0 bridgehead atoms. The number of pyridine rings is 1.